The van der Waals surface area contributed by atoms with Crippen molar-refractivity contribution in [2.75, 3.05) is 20.3 Å². The molecule has 1 fully saturated rings. The second-order valence-corrected chi connectivity index (χ2v) is 11.2. The van der Waals surface area contributed by atoms with Gasteiger partial charge in [-0.2, -0.15) is 0 Å². The summed E-state index contributed by atoms with van der Waals surface area (Å²) in [7, 11) is 1.46. The summed E-state index contributed by atoms with van der Waals surface area (Å²) < 4.78 is 26.0. The Kier molecular flexibility index (Phi) is 10.4. The number of hydrogen-bond acceptors (Lipinski definition) is 7. The molecule has 0 spiro atoms. The molecule has 3 atom stereocenters. The Balaban J connectivity index is 1.71. The van der Waals surface area contributed by atoms with Gasteiger partial charge in [0.05, 0.1) is 29.9 Å². The molecule has 1 saturated carbocycles. The van der Waals surface area contributed by atoms with Gasteiger partial charge in [-0.05, 0) is 76.9 Å². The van der Waals surface area contributed by atoms with Gasteiger partial charge >= 0.3 is 0 Å². The van der Waals surface area contributed by atoms with Gasteiger partial charge in [-0.3, -0.25) is 9.59 Å². The molecule has 0 unspecified atom stereocenters. The smallest absolute Gasteiger partial charge is 0.247 e. The van der Waals surface area contributed by atoms with Gasteiger partial charge in [-0.1, -0.05) is 18.6 Å². The number of ether oxygens (including phenoxy) is 2. The number of halogens is 2. The van der Waals surface area contributed by atoms with Gasteiger partial charge in [0.1, 0.15) is 18.0 Å². The van der Waals surface area contributed by atoms with Crippen LogP contribution in [0.1, 0.15) is 36.8 Å². The van der Waals surface area contributed by atoms with Gasteiger partial charge in [0.15, 0.2) is 11.5 Å². The standard InChI is InChI=1S/C29H34FIN2O7/c1-39-25-12-18(16-35)11-22(31)27(25)40-24-14-20(28(37)32-9-10-34)13-23(26(24)36)33(29(38)19-3-2-4-19)15-17-5-7-21(30)8-6-17/h5-8,11-12,14,19,23-24,26,34-36H,2-4,9-10,13,15-16H2,1H3,(H,32,37)/t23-,24+,26+/m1/s1. The maximum absolute atomic E-state index is 13.7. The van der Waals surface area contributed by atoms with E-state index in [1.165, 1.54) is 25.3 Å². The van der Waals surface area contributed by atoms with Gasteiger partial charge in [-0.15, -0.1) is 0 Å². The number of carbonyl (C=O) groups excluding carboxylic acids is 2. The SMILES string of the molecule is COc1cc(CO)cc(I)c1O[C@H]1C=C(C(=O)NCCO)C[C@@H](N(Cc2ccc(F)cc2)C(=O)C2CCC2)[C@@H]1O. The highest BCUT2D eigenvalue weighted by Crippen LogP contribution is 2.38. The summed E-state index contributed by atoms with van der Waals surface area (Å²) in [5, 5.41) is 33.1. The van der Waals surface area contributed by atoms with Crippen molar-refractivity contribution in [2.24, 2.45) is 5.92 Å². The Morgan fingerprint density at radius 3 is 2.48 bits per heavy atom. The number of rotatable bonds is 11. The molecular formula is C29H34FIN2O7. The molecule has 11 heteroatoms. The third-order valence-corrected chi connectivity index (χ3v) is 8.15. The fourth-order valence-electron chi connectivity index (χ4n) is 4.93. The fraction of sp³-hybridized carbons (Fsp3) is 0.448. The van der Waals surface area contributed by atoms with Gasteiger partial charge in [-0.25, -0.2) is 4.39 Å². The van der Waals surface area contributed by atoms with Gasteiger partial charge < -0.3 is 35.0 Å². The molecule has 2 amide bonds. The Labute approximate surface area is 246 Å². The van der Waals surface area contributed by atoms with Crippen molar-refractivity contribution in [3.05, 3.63) is 68.6 Å². The number of nitrogens with zero attached hydrogens (tertiary/aromatic N) is 1. The largest absolute Gasteiger partial charge is 0.493 e. The Morgan fingerprint density at radius 2 is 1.88 bits per heavy atom. The minimum absolute atomic E-state index is 0.0452. The lowest BCUT2D eigenvalue weighted by atomic mass is 9.82. The highest BCUT2D eigenvalue weighted by atomic mass is 127. The quantitative estimate of drug-likeness (QED) is 0.271. The van der Waals surface area contributed by atoms with Crippen LogP contribution in [-0.4, -0.2) is 70.5 Å². The third-order valence-electron chi connectivity index (χ3n) is 7.34. The van der Waals surface area contributed by atoms with Crippen LogP contribution in [0, 0.1) is 15.3 Å². The predicted molar refractivity (Wildman–Crippen MR) is 153 cm³/mol. The second kappa shape index (κ2) is 13.7. The van der Waals surface area contributed by atoms with E-state index >= 15 is 0 Å². The lowest BCUT2D eigenvalue weighted by molar-refractivity contribution is -0.146. The van der Waals surface area contributed by atoms with Crippen molar-refractivity contribution in [3.8, 4) is 11.5 Å². The van der Waals surface area contributed by atoms with Crippen LogP contribution in [0.25, 0.3) is 0 Å². The molecule has 40 heavy (non-hydrogen) atoms. The average Bonchev–Trinajstić information content (AvgIpc) is 2.92. The van der Waals surface area contributed by atoms with E-state index < -0.39 is 30.0 Å². The molecule has 2 aromatic rings. The van der Waals surface area contributed by atoms with E-state index in [0.717, 1.165) is 19.3 Å². The maximum Gasteiger partial charge on any atom is 0.247 e. The van der Waals surface area contributed by atoms with Crippen LogP contribution < -0.4 is 14.8 Å². The molecule has 0 saturated heterocycles. The number of nitrogens with one attached hydrogen (secondary N) is 1. The number of aliphatic hydroxyl groups is 3. The second-order valence-electron chi connectivity index (χ2n) is 10.0. The number of benzene rings is 2. The first-order chi connectivity index (χ1) is 19.2. The van der Waals surface area contributed by atoms with E-state index in [4.69, 9.17) is 9.47 Å². The minimum Gasteiger partial charge on any atom is -0.493 e. The van der Waals surface area contributed by atoms with E-state index in [1.807, 2.05) is 22.6 Å². The van der Waals surface area contributed by atoms with E-state index in [-0.39, 0.29) is 44.5 Å². The van der Waals surface area contributed by atoms with Crippen LogP contribution in [-0.2, 0) is 22.7 Å². The first kappa shape index (κ1) is 30.2. The molecule has 0 aliphatic heterocycles. The van der Waals surface area contributed by atoms with Crippen LogP contribution in [0.2, 0.25) is 0 Å². The summed E-state index contributed by atoms with van der Waals surface area (Å²) in [6.07, 6.45) is 1.79. The van der Waals surface area contributed by atoms with E-state index in [1.54, 1.807) is 29.2 Å². The van der Waals surface area contributed by atoms with Crippen molar-refractivity contribution in [1.82, 2.24) is 10.2 Å². The molecule has 216 valence electrons. The van der Waals surface area contributed by atoms with Gasteiger partial charge in [0.2, 0.25) is 11.8 Å². The highest BCUT2D eigenvalue weighted by molar-refractivity contribution is 14.1. The molecule has 0 aromatic heterocycles. The molecule has 9 nitrogen and oxygen atoms in total. The highest BCUT2D eigenvalue weighted by Gasteiger charge is 2.43. The summed E-state index contributed by atoms with van der Waals surface area (Å²) in [5.74, 6) is -0.472. The van der Waals surface area contributed by atoms with Crippen molar-refractivity contribution in [2.45, 2.75) is 57.1 Å². The molecule has 2 aliphatic carbocycles. The topological polar surface area (TPSA) is 129 Å². The zero-order valence-corrected chi connectivity index (χ0v) is 24.3. The van der Waals surface area contributed by atoms with E-state index in [9.17, 15) is 29.3 Å². The minimum atomic E-state index is -1.21. The lowest BCUT2D eigenvalue weighted by Gasteiger charge is -2.43. The lowest BCUT2D eigenvalue weighted by Crippen LogP contribution is -2.56. The predicted octanol–water partition coefficient (Wildman–Crippen LogP) is 2.68. The Bertz CT molecular complexity index is 1240. The Hall–Kier alpha value is -2.74. The first-order valence-corrected chi connectivity index (χ1v) is 14.3. The molecule has 2 aromatic carbocycles. The molecule has 2 aliphatic rings. The molecule has 0 heterocycles. The molecular weight excluding hydrogens is 634 g/mol. The monoisotopic (exact) mass is 668 g/mol. The normalized spacial score (nSPS) is 20.8. The zero-order chi connectivity index (χ0) is 28.8. The van der Waals surface area contributed by atoms with E-state index in [2.05, 4.69) is 5.32 Å². The summed E-state index contributed by atoms with van der Waals surface area (Å²) >= 11 is 2.05. The van der Waals surface area contributed by atoms with Crippen LogP contribution >= 0.6 is 22.6 Å². The summed E-state index contributed by atoms with van der Waals surface area (Å²) in [5.41, 5.74) is 1.61. The summed E-state index contributed by atoms with van der Waals surface area (Å²) in [6.45, 7) is -0.267. The van der Waals surface area contributed by atoms with Gasteiger partial charge in [0, 0.05) is 31.0 Å². The van der Waals surface area contributed by atoms with Crippen LogP contribution in [0.4, 0.5) is 4.39 Å². The van der Waals surface area contributed by atoms with Crippen molar-refractivity contribution in [1.29, 1.82) is 0 Å². The summed E-state index contributed by atoms with van der Waals surface area (Å²) in [4.78, 5) is 28.3. The van der Waals surface area contributed by atoms with Crippen molar-refractivity contribution >= 4 is 34.4 Å². The molecule has 4 rings (SSSR count). The molecule has 4 N–H and O–H groups in total. The fourth-order valence-corrected chi connectivity index (χ4v) is 5.72. The molecule has 0 bridgehead atoms. The number of hydrogen-bond donors (Lipinski definition) is 4. The maximum atomic E-state index is 13.7. The number of methoxy groups -OCH3 is 1. The molecule has 0 radical (unpaired) electrons. The zero-order valence-electron chi connectivity index (χ0n) is 22.2. The van der Waals surface area contributed by atoms with Crippen LogP contribution in [0.15, 0.2) is 48.0 Å². The number of carbonyl (C=O) groups is 2. The number of amides is 2. The van der Waals surface area contributed by atoms with Crippen molar-refractivity contribution < 1.29 is 38.8 Å². The Morgan fingerprint density at radius 1 is 1.15 bits per heavy atom. The van der Waals surface area contributed by atoms with E-state index in [0.29, 0.717) is 31.8 Å². The first-order valence-electron chi connectivity index (χ1n) is 13.2. The van der Waals surface area contributed by atoms with Crippen LogP contribution in [0.5, 0.6) is 11.5 Å². The average molecular weight is 669 g/mol. The van der Waals surface area contributed by atoms with Crippen molar-refractivity contribution in [3.63, 3.8) is 0 Å². The summed E-state index contributed by atoms with van der Waals surface area (Å²) in [6, 6.07) is 8.38. The third kappa shape index (κ3) is 6.93. The number of aliphatic hydroxyl groups excluding tert-OH is 3. The van der Waals surface area contributed by atoms with Crippen LogP contribution in [0.3, 0.4) is 0 Å². The van der Waals surface area contributed by atoms with Gasteiger partial charge in [0.25, 0.3) is 0 Å².